The highest BCUT2D eigenvalue weighted by atomic mass is 35.5. The van der Waals surface area contributed by atoms with Crippen LogP contribution in [0, 0.1) is 11.3 Å². The summed E-state index contributed by atoms with van der Waals surface area (Å²) >= 11 is 5.94. The Morgan fingerprint density at radius 2 is 1.92 bits per heavy atom. The summed E-state index contributed by atoms with van der Waals surface area (Å²) in [5.41, 5.74) is 0.978. The van der Waals surface area contributed by atoms with Crippen LogP contribution in [0.1, 0.15) is 17.3 Å². The number of nitrogens with one attached hydrogen (secondary N) is 1. The van der Waals surface area contributed by atoms with Gasteiger partial charge in [-0.25, -0.2) is 9.29 Å². The minimum absolute atomic E-state index is 0.190. The van der Waals surface area contributed by atoms with E-state index >= 15 is 0 Å². The topological polar surface area (TPSA) is 86.1 Å². The van der Waals surface area contributed by atoms with Crippen LogP contribution in [-0.2, 0) is 10.2 Å². The van der Waals surface area contributed by atoms with Gasteiger partial charge in [-0.2, -0.15) is 18.4 Å². The Hall–Kier alpha value is -2.66. The minimum Gasteiger partial charge on any atom is -0.232 e. The number of anilines is 1. The van der Waals surface area contributed by atoms with E-state index in [2.05, 4.69) is 15.8 Å². The first-order valence-corrected chi connectivity index (χ1v) is 9.66. The van der Waals surface area contributed by atoms with Crippen LogP contribution in [-0.4, -0.2) is 19.9 Å². The van der Waals surface area contributed by atoms with E-state index in [4.69, 9.17) is 11.6 Å². The normalized spacial score (nSPS) is 18.8. The third-order valence-electron chi connectivity index (χ3n) is 4.31. The number of rotatable bonds is 2. The van der Waals surface area contributed by atoms with Gasteiger partial charge in [0, 0.05) is 17.0 Å². The molecule has 2 heterocycles. The van der Waals surface area contributed by atoms with Crippen molar-refractivity contribution in [3.63, 3.8) is 0 Å². The summed E-state index contributed by atoms with van der Waals surface area (Å²) in [6, 6.07) is 17.5. The van der Waals surface area contributed by atoms with Gasteiger partial charge >= 0.3 is 10.2 Å². The van der Waals surface area contributed by atoms with Gasteiger partial charge in [0.05, 0.1) is 6.04 Å². The highest BCUT2D eigenvalue weighted by molar-refractivity contribution is 7.91. The first-order valence-electron chi connectivity index (χ1n) is 7.84. The van der Waals surface area contributed by atoms with Gasteiger partial charge in [-0.15, -0.1) is 0 Å². The van der Waals surface area contributed by atoms with E-state index in [1.54, 1.807) is 36.4 Å². The monoisotopic (exact) mass is 384 g/mol. The smallest absolute Gasteiger partial charge is 0.232 e. The van der Waals surface area contributed by atoms with Crippen LogP contribution in [0.5, 0.6) is 0 Å². The van der Waals surface area contributed by atoms with Gasteiger partial charge in [0.25, 0.3) is 0 Å². The molecule has 0 radical (unpaired) electrons. The molecule has 6 nitrogen and oxygen atoms in total. The highest BCUT2D eigenvalue weighted by Gasteiger charge is 2.39. The van der Waals surface area contributed by atoms with Crippen molar-refractivity contribution in [3.05, 3.63) is 70.9 Å². The summed E-state index contributed by atoms with van der Waals surface area (Å²) in [6.45, 7) is 0.209. The molecule has 130 valence electrons. The molecule has 0 aliphatic carbocycles. The molecule has 0 bridgehead atoms. The Morgan fingerprint density at radius 1 is 1.19 bits per heavy atom. The van der Waals surface area contributed by atoms with E-state index in [9.17, 15) is 13.7 Å². The van der Waals surface area contributed by atoms with Crippen molar-refractivity contribution in [2.24, 2.45) is 0 Å². The minimum atomic E-state index is -3.76. The third-order valence-corrected chi connectivity index (χ3v) is 6.06. The zero-order valence-electron chi connectivity index (χ0n) is 13.4. The fourth-order valence-corrected chi connectivity index (χ4v) is 4.61. The largest absolute Gasteiger partial charge is 0.303 e. The van der Waals surface area contributed by atoms with Gasteiger partial charge in [0.15, 0.2) is 5.69 Å². The van der Waals surface area contributed by atoms with E-state index in [-0.39, 0.29) is 18.1 Å². The second-order valence-electron chi connectivity index (χ2n) is 5.88. The number of pyridine rings is 1. The summed E-state index contributed by atoms with van der Waals surface area (Å²) in [7, 11) is -3.76. The van der Waals surface area contributed by atoms with E-state index < -0.39 is 16.3 Å². The highest BCUT2D eigenvalue weighted by Crippen LogP contribution is 2.34. The van der Waals surface area contributed by atoms with E-state index in [0.29, 0.717) is 10.4 Å². The summed E-state index contributed by atoms with van der Waals surface area (Å²) in [4.78, 5) is 4.31. The molecule has 2 aromatic carbocycles. The summed E-state index contributed by atoms with van der Waals surface area (Å²) in [5, 5.41) is 11.5. The van der Waals surface area contributed by atoms with Gasteiger partial charge in [-0.05, 0) is 29.1 Å². The SMILES string of the molecule is N#Cc1nc(N2[C@@H](c3ccc(Cl)cc3)CNS2(=O)=O)cc2ccccc12. The predicted molar refractivity (Wildman–Crippen MR) is 100 cm³/mol. The molecule has 1 N–H and O–H groups in total. The first kappa shape index (κ1) is 16.8. The van der Waals surface area contributed by atoms with E-state index in [1.165, 1.54) is 4.31 Å². The Labute approximate surface area is 155 Å². The molecule has 1 aliphatic rings. The lowest BCUT2D eigenvalue weighted by molar-refractivity contribution is 0.590. The predicted octanol–water partition coefficient (Wildman–Crippen LogP) is 3.16. The third kappa shape index (κ3) is 2.78. The quantitative estimate of drug-likeness (QED) is 0.735. The number of nitrogens with zero attached hydrogens (tertiary/aromatic N) is 3. The number of fused-ring (bicyclic) bond motifs is 1. The van der Waals surface area contributed by atoms with Crippen LogP contribution in [0.3, 0.4) is 0 Å². The Bertz CT molecular complexity index is 1140. The van der Waals surface area contributed by atoms with Crippen LogP contribution in [0.4, 0.5) is 5.82 Å². The van der Waals surface area contributed by atoms with Crippen molar-refractivity contribution in [2.45, 2.75) is 6.04 Å². The lowest BCUT2D eigenvalue weighted by Crippen LogP contribution is -2.31. The maximum absolute atomic E-state index is 12.6. The molecule has 26 heavy (non-hydrogen) atoms. The lowest BCUT2D eigenvalue weighted by Gasteiger charge is -2.23. The first-order chi connectivity index (χ1) is 12.5. The number of hydrogen-bond donors (Lipinski definition) is 1. The van der Waals surface area contributed by atoms with Crippen LogP contribution in [0.15, 0.2) is 54.6 Å². The number of benzene rings is 2. The zero-order valence-corrected chi connectivity index (χ0v) is 15.0. The molecular formula is C18H13ClN4O2S. The van der Waals surface area contributed by atoms with Crippen molar-refractivity contribution < 1.29 is 8.42 Å². The van der Waals surface area contributed by atoms with Crippen LogP contribution in [0.2, 0.25) is 5.02 Å². The van der Waals surface area contributed by atoms with E-state index in [1.807, 2.05) is 18.2 Å². The average molecular weight is 385 g/mol. The molecule has 1 saturated heterocycles. The van der Waals surface area contributed by atoms with Gasteiger partial charge in [-0.1, -0.05) is 48.0 Å². The summed E-state index contributed by atoms with van der Waals surface area (Å²) in [5.74, 6) is 0.213. The molecule has 1 aromatic heterocycles. The molecule has 1 fully saturated rings. The van der Waals surface area contributed by atoms with Gasteiger partial charge in [0.1, 0.15) is 11.9 Å². The number of aromatic nitrogens is 1. The number of halogens is 1. The molecule has 4 rings (SSSR count). The Morgan fingerprint density at radius 3 is 2.65 bits per heavy atom. The maximum atomic E-state index is 12.6. The second-order valence-corrected chi connectivity index (χ2v) is 7.95. The van der Waals surface area contributed by atoms with Gasteiger partial charge < -0.3 is 0 Å². The van der Waals surface area contributed by atoms with Crippen molar-refractivity contribution >= 4 is 38.4 Å². The van der Waals surface area contributed by atoms with Crippen LogP contribution >= 0.6 is 11.6 Å². The molecule has 1 aliphatic heterocycles. The van der Waals surface area contributed by atoms with E-state index in [0.717, 1.165) is 10.9 Å². The maximum Gasteiger partial charge on any atom is 0.303 e. The molecule has 0 unspecified atom stereocenters. The lowest BCUT2D eigenvalue weighted by atomic mass is 10.1. The van der Waals surface area contributed by atoms with Gasteiger partial charge in [-0.3, -0.25) is 0 Å². The van der Waals surface area contributed by atoms with Crippen molar-refractivity contribution in [1.29, 1.82) is 5.26 Å². The Balaban J connectivity index is 1.89. The van der Waals surface area contributed by atoms with Crippen LogP contribution < -0.4 is 9.03 Å². The van der Waals surface area contributed by atoms with Crippen LogP contribution in [0.25, 0.3) is 10.8 Å². The average Bonchev–Trinajstić information content (AvgIpc) is 2.96. The molecule has 0 spiro atoms. The molecular weight excluding hydrogens is 372 g/mol. The van der Waals surface area contributed by atoms with Crippen molar-refractivity contribution in [1.82, 2.24) is 9.71 Å². The second kappa shape index (κ2) is 6.25. The fourth-order valence-electron chi connectivity index (χ4n) is 3.11. The fraction of sp³-hybridized carbons (Fsp3) is 0.111. The number of hydrogen-bond acceptors (Lipinski definition) is 4. The zero-order chi connectivity index (χ0) is 18.3. The molecule has 0 amide bonds. The molecule has 1 atom stereocenters. The summed E-state index contributed by atoms with van der Waals surface area (Å²) < 4.78 is 29.0. The van der Waals surface area contributed by atoms with Crippen molar-refractivity contribution in [3.8, 4) is 6.07 Å². The Kier molecular flexibility index (Phi) is 4.04. The molecule has 3 aromatic rings. The summed E-state index contributed by atoms with van der Waals surface area (Å²) in [6.07, 6.45) is 0. The number of nitriles is 1. The van der Waals surface area contributed by atoms with Gasteiger partial charge in [0.2, 0.25) is 0 Å². The van der Waals surface area contributed by atoms with Crippen molar-refractivity contribution in [2.75, 3.05) is 10.8 Å². The molecule has 8 heteroatoms. The molecule has 0 saturated carbocycles. The standard InChI is InChI=1S/C18H13ClN4O2S/c19-14-7-5-12(6-8-14)17-11-21-26(24,25)23(17)18-9-13-3-1-2-4-15(13)16(10-20)22-18/h1-9,17,21H,11H2/t17-/m1/s1.